The van der Waals surface area contributed by atoms with Crippen molar-refractivity contribution in [2.75, 3.05) is 0 Å². The zero-order valence-electron chi connectivity index (χ0n) is 12.3. The SMILES string of the molecule is CC1CCCC(N=CC(CCc2ccccc2)=NN)C1. The molecule has 2 rings (SSSR count). The van der Waals surface area contributed by atoms with Crippen molar-refractivity contribution in [1.82, 2.24) is 0 Å². The average Bonchev–Trinajstić information content (AvgIpc) is 2.48. The molecule has 0 radical (unpaired) electrons. The second kappa shape index (κ2) is 7.83. The molecular weight excluding hydrogens is 246 g/mol. The van der Waals surface area contributed by atoms with Crippen molar-refractivity contribution in [3.63, 3.8) is 0 Å². The maximum atomic E-state index is 5.48. The van der Waals surface area contributed by atoms with Crippen LogP contribution in [0.1, 0.15) is 44.6 Å². The lowest BCUT2D eigenvalue weighted by atomic mass is 9.87. The van der Waals surface area contributed by atoms with E-state index in [-0.39, 0.29) is 0 Å². The summed E-state index contributed by atoms with van der Waals surface area (Å²) in [5, 5.41) is 3.87. The third-order valence-corrected chi connectivity index (χ3v) is 4.02. The minimum absolute atomic E-state index is 0.465. The molecule has 3 heteroatoms. The highest BCUT2D eigenvalue weighted by atomic mass is 15.1. The molecule has 1 saturated carbocycles. The Hall–Kier alpha value is -1.64. The van der Waals surface area contributed by atoms with Crippen LogP contribution in [-0.4, -0.2) is 18.0 Å². The summed E-state index contributed by atoms with van der Waals surface area (Å²) in [7, 11) is 0. The number of aryl methyl sites for hydroxylation is 1. The van der Waals surface area contributed by atoms with E-state index >= 15 is 0 Å². The normalized spacial score (nSPS) is 24.1. The lowest BCUT2D eigenvalue weighted by Gasteiger charge is -2.23. The Morgan fingerprint density at radius 2 is 2.10 bits per heavy atom. The summed E-state index contributed by atoms with van der Waals surface area (Å²) in [6.45, 7) is 2.31. The van der Waals surface area contributed by atoms with Crippen LogP contribution in [0, 0.1) is 5.92 Å². The van der Waals surface area contributed by atoms with Gasteiger partial charge in [-0.15, -0.1) is 0 Å². The van der Waals surface area contributed by atoms with Crippen LogP contribution in [0.5, 0.6) is 0 Å². The van der Waals surface area contributed by atoms with Crippen LogP contribution in [0.4, 0.5) is 0 Å². The smallest absolute Gasteiger partial charge is 0.0781 e. The Morgan fingerprint density at radius 1 is 1.30 bits per heavy atom. The van der Waals surface area contributed by atoms with Gasteiger partial charge in [0.2, 0.25) is 0 Å². The standard InChI is InChI=1S/C17H25N3/c1-14-6-5-9-16(12-14)19-13-17(20-18)11-10-15-7-3-2-4-8-15/h2-4,7-8,13-14,16H,5-6,9-12,18H2,1H3. The van der Waals surface area contributed by atoms with Crippen LogP contribution < -0.4 is 5.84 Å². The topological polar surface area (TPSA) is 50.7 Å². The van der Waals surface area contributed by atoms with Gasteiger partial charge >= 0.3 is 0 Å². The van der Waals surface area contributed by atoms with Crippen molar-refractivity contribution in [2.45, 2.75) is 51.5 Å². The maximum absolute atomic E-state index is 5.48. The fourth-order valence-electron chi connectivity index (χ4n) is 2.81. The highest BCUT2D eigenvalue weighted by Gasteiger charge is 2.17. The summed E-state index contributed by atoms with van der Waals surface area (Å²) < 4.78 is 0. The molecule has 3 nitrogen and oxygen atoms in total. The van der Waals surface area contributed by atoms with Gasteiger partial charge in [-0.2, -0.15) is 5.10 Å². The molecular formula is C17H25N3. The molecule has 1 aromatic rings. The van der Waals surface area contributed by atoms with E-state index in [1.165, 1.54) is 31.2 Å². The molecule has 1 fully saturated rings. The molecule has 0 aromatic heterocycles. The Labute approximate surface area is 122 Å². The van der Waals surface area contributed by atoms with E-state index in [0.717, 1.165) is 24.5 Å². The monoisotopic (exact) mass is 271 g/mol. The van der Waals surface area contributed by atoms with Crippen molar-refractivity contribution in [2.24, 2.45) is 21.9 Å². The third kappa shape index (κ3) is 4.80. The molecule has 1 aliphatic carbocycles. The minimum Gasteiger partial charge on any atom is -0.323 e. The Bertz CT molecular complexity index is 451. The molecule has 0 bridgehead atoms. The number of nitrogens with zero attached hydrogens (tertiary/aromatic N) is 2. The summed E-state index contributed by atoms with van der Waals surface area (Å²) in [6, 6.07) is 10.9. The minimum atomic E-state index is 0.465. The lowest BCUT2D eigenvalue weighted by Crippen LogP contribution is -2.17. The third-order valence-electron chi connectivity index (χ3n) is 4.02. The van der Waals surface area contributed by atoms with E-state index < -0.39 is 0 Å². The van der Waals surface area contributed by atoms with Gasteiger partial charge in [-0.05, 0) is 37.2 Å². The number of hydrogen-bond donors (Lipinski definition) is 1. The van der Waals surface area contributed by atoms with E-state index in [1.807, 2.05) is 12.3 Å². The second-order valence-electron chi connectivity index (χ2n) is 5.81. The summed E-state index contributed by atoms with van der Waals surface area (Å²) in [5.41, 5.74) is 2.21. The van der Waals surface area contributed by atoms with Gasteiger partial charge in [-0.25, -0.2) is 0 Å². The van der Waals surface area contributed by atoms with E-state index in [4.69, 9.17) is 5.84 Å². The molecule has 108 valence electrons. The number of hydrazone groups is 1. The summed E-state index contributed by atoms with van der Waals surface area (Å²) in [6.07, 6.45) is 8.76. The first-order valence-corrected chi connectivity index (χ1v) is 7.62. The molecule has 2 unspecified atom stereocenters. The molecule has 0 amide bonds. The zero-order chi connectivity index (χ0) is 14.2. The lowest BCUT2D eigenvalue weighted by molar-refractivity contribution is 0.346. The first-order chi connectivity index (χ1) is 9.78. The van der Waals surface area contributed by atoms with Crippen molar-refractivity contribution >= 4 is 11.9 Å². The van der Waals surface area contributed by atoms with Gasteiger partial charge in [-0.1, -0.05) is 50.1 Å². The Balaban J connectivity index is 1.83. The van der Waals surface area contributed by atoms with Gasteiger partial charge < -0.3 is 5.84 Å². The van der Waals surface area contributed by atoms with Crippen molar-refractivity contribution in [3.05, 3.63) is 35.9 Å². The number of benzene rings is 1. The van der Waals surface area contributed by atoms with Crippen molar-refractivity contribution in [3.8, 4) is 0 Å². The molecule has 0 spiro atoms. The first kappa shape index (κ1) is 14.8. The molecule has 20 heavy (non-hydrogen) atoms. The Morgan fingerprint density at radius 3 is 2.80 bits per heavy atom. The number of rotatable bonds is 5. The predicted molar refractivity (Wildman–Crippen MR) is 86.3 cm³/mol. The van der Waals surface area contributed by atoms with Gasteiger partial charge in [0, 0.05) is 6.21 Å². The number of hydrogen-bond acceptors (Lipinski definition) is 3. The van der Waals surface area contributed by atoms with Crippen LogP contribution >= 0.6 is 0 Å². The van der Waals surface area contributed by atoms with Crippen LogP contribution in [0.25, 0.3) is 0 Å². The molecule has 0 aliphatic heterocycles. The fourth-order valence-corrected chi connectivity index (χ4v) is 2.81. The van der Waals surface area contributed by atoms with Gasteiger partial charge in [0.05, 0.1) is 11.8 Å². The molecule has 1 aliphatic rings. The van der Waals surface area contributed by atoms with Gasteiger partial charge in [0.15, 0.2) is 0 Å². The second-order valence-corrected chi connectivity index (χ2v) is 5.81. The van der Waals surface area contributed by atoms with E-state index in [0.29, 0.717) is 6.04 Å². The van der Waals surface area contributed by atoms with Gasteiger partial charge in [0.1, 0.15) is 0 Å². The summed E-state index contributed by atoms with van der Waals surface area (Å²) >= 11 is 0. The quantitative estimate of drug-likeness (QED) is 0.496. The van der Waals surface area contributed by atoms with Gasteiger partial charge in [-0.3, -0.25) is 4.99 Å². The first-order valence-electron chi connectivity index (χ1n) is 7.62. The molecule has 2 N–H and O–H groups in total. The van der Waals surface area contributed by atoms with Crippen molar-refractivity contribution < 1.29 is 0 Å². The molecule has 1 aromatic carbocycles. The predicted octanol–water partition coefficient (Wildman–Crippen LogP) is 3.58. The van der Waals surface area contributed by atoms with E-state index in [1.54, 1.807) is 0 Å². The zero-order valence-corrected chi connectivity index (χ0v) is 12.3. The fraction of sp³-hybridized carbons (Fsp3) is 0.529. The van der Waals surface area contributed by atoms with Crippen LogP contribution in [0.3, 0.4) is 0 Å². The van der Waals surface area contributed by atoms with E-state index in [2.05, 4.69) is 41.3 Å². The maximum Gasteiger partial charge on any atom is 0.0781 e. The van der Waals surface area contributed by atoms with Crippen LogP contribution in [-0.2, 0) is 6.42 Å². The number of nitrogens with two attached hydrogens (primary N) is 1. The highest BCUT2D eigenvalue weighted by molar-refractivity contribution is 6.30. The van der Waals surface area contributed by atoms with Crippen LogP contribution in [0.15, 0.2) is 40.4 Å². The summed E-state index contributed by atoms with van der Waals surface area (Å²) in [4.78, 5) is 4.68. The summed E-state index contributed by atoms with van der Waals surface area (Å²) in [5.74, 6) is 6.28. The van der Waals surface area contributed by atoms with Crippen molar-refractivity contribution in [1.29, 1.82) is 0 Å². The molecule has 0 heterocycles. The van der Waals surface area contributed by atoms with Crippen LogP contribution in [0.2, 0.25) is 0 Å². The molecule has 2 atom stereocenters. The largest absolute Gasteiger partial charge is 0.323 e. The number of aliphatic imine (C=N–C) groups is 1. The average molecular weight is 271 g/mol. The highest BCUT2D eigenvalue weighted by Crippen LogP contribution is 2.25. The Kier molecular flexibility index (Phi) is 5.78. The molecule has 0 saturated heterocycles. The van der Waals surface area contributed by atoms with E-state index in [9.17, 15) is 0 Å². The van der Waals surface area contributed by atoms with Gasteiger partial charge in [0.25, 0.3) is 0 Å².